The lowest BCUT2D eigenvalue weighted by Crippen LogP contribution is -3.00. The highest BCUT2D eigenvalue weighted by Gasteiger charge is 2.08. The zero-order valence-corrected chi connectivity index (χ0v) is 14.1. The van der Waals surface area contributed by atoms with Crippen LogP contribution in [0.2, 0.25) is 0 Å². The highest BCUT2D eigenvalue weighted by atomic mass is 35.5. The van der Waals surface area contributed by atoms with Crippen molar-refractivity contribution in [3.05, 3.63) is 24.5 Å². The van der Waals surface area contributed by atoms with Gasteiger partial charge in [-0.1, -0.05) is 33.1 Å². The Morgan fingerprint density at radius 2 is 1.85 bits per heavy atom. The van der Waals surface area contributed by atoms with Gasteiger partial charge in [0.2, 0.25) is 0 Å². The Bertz CT molecular complexity index is 341. The minimum absolute atomic E-state index is 0. The van der Waals surface area contributed by atoms with Crippen molar-refractivity contribution >= 4 is 5.69 Å². The third-order valence-corrected chi connectivity index (χ3v) is 3.53. The largest absolute Gasteiger partial charge is 1.00 e. The first-order chi connectivity index (χ1) is 9.17. The lowest BCUT2D eigenvalue weighted by Gasteiger charge is -2.13. The molecule has 0 fully saturated rings. The van der Waals surface area contributed by atoms with E-state index in [4.69, 9.17) is 4.74 Å². The van der Waals surface area contributed by atoms with Gasteiger partial charge < -0.3 is 22.0 Å². The van der Waals surface area contributed by atoms with Crippen LogP contribution in [0, 0.1) is 5.92 Å². The maximum absolute atomic E-state index is 5.82. The fourth-order valence-corrected chi connectivity index (χ4v) is 2.06. The van der Waals surface area contributed by atoms with Gasteiger partial charge in [-0.2, -0.15) is 4.57 Å². The molecule has 0 bridgehead atoms. The third-order valence-electron chi connectivity index (χ3n) is 3.53. The molecule has 0 radical (unpaired) electrons. The van der Waals surface area contributed by atoms with E-state index < -0.39 is 0 Å². The van der Waals surface area contributed by atoms with Crippen LogP contribution in [-0.2, 0) is 11.5 Å². The number of ether oxygens (including phenoxy) is 1. The second-order valence-electron chi connectivity index (χ2n) is 5.38. The SMILES string of the molecule is CCCCC(CC)COC[n+]1ccc(N(C)C)cc1.[Cl-]. The predicted molar refractivity (Wildman–Crippen MR) is 80.2 cm³/mol. The van der Waals surface area contributed by atoms with Gasteiger partial charge in [-0.05, 0) is 12.3 Å². The van der Waals surface area contributed by atoms with E-state index in [2.05, 4.69) is 61.9 Å². The molecule has 0 aliphatic rings. The lowest BCUT2D eigenvalue weighted by molar-refractivity contribution is -0.733. The van der Waals surface area contributed by atoms with Gasteiger partial charge in [-0.3, -0.25) is 0 Å². The van der Waals surface area contributed by atoms with E-state index in [1.165, 1.54) is 31.4 Å². The summed E-state index contributed by atoms with van der Waals surface area (Å²) >= 11 is 0. The number of anilines is 1. The molecule has 116 valence electrons. The van der Waals surface area contributed by atoms with Crippen molar-refractivity contribution in [2.75, 3.05) is 25.6 Å². The summed E-state index contributed by atoms with van der Waals surface area (Å²) in [6, 6.07) is 4.22. The molecule has 1 rings (SSSR count). The van der Waals surface area contributed by atoms with E-state index in [1.54, 1.807) is 0 Å². The number of pyridine rings is 1. The highest BCUT2D eigenvalue weighted by molar-refractivity contribution is 5.41. The van der Waals surface area contributed by atoms with Crippen molar-refractivity contribution in [2.24, 2.45) is 5.92 Å². The molecule has 0 spiro atoms. The van der Waals surface area contributed by atoms with Crippen LogP contribution in [0.5, 0.6) is 0 Å². The summed E-state index contributed by atoms with van der Waals surface area (Å²) in [7, 11) is 4.10. The molecular formula is C16H29ClN2O. The van der Waals surface area contributed by atoms with Crippen LogP contribution >= 0.6 is 0 Å². The zero-order chi connectivity index (χ0) is 14.1. The molecule has 4 heteroatoms. The number of aromatic nitrogens is 1. The Hall–Kier alpha value is -0.800. The van der Waals surface area contributed by atoms with Gasteiger partial charge in [0, 0.05) is 31.9 Å². The molecule has 0 aliphatic carbocycles. The highest BCUT2D eigenvalue weighted by Crippen LogP contribution is 2.12. The van der Waals surface area contributed by atoms with Crippen molar-refractivity contribution < 1.29 is 21.7 Å². The maximum Gasteiger partial charge on any atom is 0.252 e. The average Bonchev–Trinajstić information content (AvgIpc) is 2.43. The van der Waals surface area contributed by atoms with E-state index in [0.717, 1.165) is 6.61 Å². The van der Waals surface area contributed by atoms with Gasteiger partial charge in [0.05, 0.1) is 6.61 Å². The van der Waals surface area contributed by atoms with Crippen LogP contribution in [0.15, 0.2) is 24.5 Å². The summed E-state index contributed by atoms with van der Waals surface area (Å²) in [5.74, 6) is 0.710. The average molecular weight is 301 g/mol. The Morgan fingerprint density at radius 1 is 1.20 bits per heavy atom. The first kappa shape index (κ1) is 19.2. The van der Waals surface area contributed by atoms with Crippen molar-refractivity contribution in [3.63, 3.8) is 0 Å². The van der Waals surface area contributed by atoms with Crippen LogP contribution < -0.4 is 21.9 Å². The monoisotopic (exact) mass is 300 g/mol. The van der Waals surface area contributed by atoms with Gasteiger partial charge in [-0.25, -0.2) is 0 Å². The summed E-state index contributed by atoms with van der Waals surface area (Å²) in [6.07, 6.45) is 9.23. The fourth-order valence-electron chi connectivity index (χ4n) is 2.06. The number of rotatable bonds is 9. The summed E-state index contributed by atoms with van der Waals surface area (Å²) in [5, 5.41) is 0. The molecule has 1 aromatic heterocycles. The molecular weight excluding hydrogens is 272 g/mol. The van der Waals surface area contributed by atoms with Crippen LogP contribution in [0.1, 0.15) is 39.5 Å². The minimum atomic E-state index is 0. The minimum Gasteiger partial charge on any atom is -1.00 e. The van der Waals surface area contributed by atoms with E-state index in [-0.39, 0.29) is 12.4 Å². The van der Waals surface area contributed by atoms with Crippen molar-refractivity contribution in [1.29, 1.82) is 0 Å². The van der Waals surface area contributed by atoms with Gasteiger partial charge in [0.15, 0.2) is 12.4 Å². The van der Waals surface area contributed by atoms with Crippen LogP contribution in [0.3, 0.4) is 0 Å². The summed E-state index contributed by atoms with van der Waals surface area (Å²) < 4.78 is 7.90. The molecule has 0 N–H and O–H groups in total. The fraction of sp³-hybridized carbons (Fsp3) is 0.688. The van der Waals surface area contributed by atoms with Gasteiger partial charge in [-0.15, -0.1) is 0 Å². The summed E-state index contributed by atoms with van der Waals surface area (Å²) in [5.41, 5.74) is 1.21. The van der Waals surface area contributed by atoms with E-state index in [9.17, 15) is 0 Å². The third kappa shape index (κ3) is 7.11. The van der Waals surface area contributed by atoms with Crippen molar-refractivity contribution in [1.82, 2.24) is 0 Å². The van der Waals surface area contributed by atoms with Crippen LogP contribution in [-0.4, -0.2) is 20.7 Å². The number of hydrogen-bond acceptors (Lipinski definition) is 2. The van der Waals surface area contributed by atoms with Crippen molar-refractivity contribution in [3.8, 4) is 0 Å². The number of halogens is 1. The van der Waals surface area contributed by atoms with Gasteiger partial charge >= 0.3 is 0 Å². The van der Waals surface area contributed by atoms with Crippen molar-refractivity contribution in [2.45, 2.75) is 46.3 Å². The van der Waals surface area contributed by atoms with E-state index in [0.29, 0.717) is 12.6 Å². The molecule has 0 saturated heterocycles. The van der Waals surface area contributed by atoms with Crippen LogP contribution in [0.25, 0.3) is 0 Å². The molecule has 0 aromatic carbocycles. The Morgan fingerprint density at radius 3 is 2.35 bits per heavy atom. The quantitative estimate of drug-likeness (QED) is 0.607. The molecule has 0 amide bonds. The smallest absolute Gasteiger partial charge is 0.252 e. The first-order valence-electron chi connectivity index (χ1n) is 7.41. The number of hydrogen-bond donors (Lipinski definition) is 0. The van der Waals surface area contributed by atoms with E-state index >= 15 is 0 Å². The summed E-state index contributed by atoms with van der Waals surface area (Å²) in [4.78, 5) is 2.10. The normalized spacial score (nSPS) is 11.8. The van der Waals surface area contributed by atoms with Gasteiger partial charge in [0.1, 0.15) is 0 Å². The molecule has 1 atom stereocenters. The first-order valence-corrected chi connectivity index (χ1v) is 7.41. The zero-order valence-electron chi connectivity index (χ0n) is 13.3. The molecule has 0 saturated carbocycles. The molecule has 20 heavy (non-hydrogen) atoms. The van der Waals surface area contributed by atoms with Crippen LogP contribution in [0.4, 0.5) is 5.69 Å². The topological polar surface area (TPSA) is 16.4 Å². The molecule has 1 aromatic rings. The Labute approximate surface area is 130 Å². The molecule has 1 unspecified atom stereocenters. The molecule has 3 nitrogen and oxygen atoms in total. The summed E-state index contributed by atoms with van der Waals surface area (Å²) in [6.45, 7) is 6.02. The predicted octanol–water partition coefficient (Wildman–Crippen LogP) is 0.235. The Kier molecular flexibility index (Phi) is 10.5. The Balaban J connectivity index is 0.00000361. The van der Waals surface area contributed by atoms with E-state index in [1.807, 2.05) is 0 Å². The number of nitrogens with zero attached hydrogens (tertiary/aromatic N) is 2. The van der Waals surface area contributed by atoms with Gasteiger partial charge in [0.25, 0.3) is 6.73 Å². The maximum atomic E-state index is 5.82. The lowest BCUT2D eigenvalue weighted by atomic mass is 10.0. The number of unbranched alkanes of at least 4 members (excludes halogenated alkanes) is 1. The second-order valence-corrected chi connectivity index (χ2v) is 5.38. The molecule has 0 aliphatic heterocycles. The molecule has 1 heterocycles. The second kappa shape index (κ2) is 10.9. The standard InChI is InChI=1S/C16H29N2O.ClH/c1-5-7-8-15(6-2)13-19-14-18-11-9-16(10-12-18)17(3)4;/h9-12,15H,5-8,13-14H2,1-4H3;1H/q+1;/p-1.